The number of halogens is 3. The Morgan fingerprint density at radius 2 is 1.89 bits per heavy atom. The molecule has 0 heterocycles. The number of amides is 1. The largest absolute Gasteiger partial charge is 0.482 e. The zero-order valence-corrected chi connectivity index (χ0v) is 16.0. The Bertz CT molecular complexity index is 952. The van der Waals surface area contributed by atoms with E-state index in [0.29, 0.717) is 6.07 Å². The van der Waals surface area contributed by atoms with Crippen LogP contribution in [0.5, 0.6) is 5.75 Å². The van der Waals surface area contributed by atoms with Gasteiger partial charge in [0.15, 0.2) is 6.61 Å². The molecule has 1 amide bonds. The van der Waals surface area contributed by atoms with E-state index in [0.717, 1.165) is 12.1 Å². The van der Waals surface area contributed by atoms with E-state index in [4.69, 9.17) is 16.3 Å². The van der Waals surface area contributed by atoms with E-state index >= 15 is 0 Å². The summed E-state index contributed by atoms with van der Waals surface area (Å²) in [7, 11) is -3.72. The van der Waals surface area contributed by atoms with Crippen LogP contribution in [-0.2, 0) is 14.8 Å². The van der Waals surface area contributed by atoms with Gasteiger partial charge < -0.3 is 10.1 Å². The lowest BCUT2D eigenvalue weighted by Gasteiger charge is -2.12. The van der Waals surface area contributed by atoms with E-state index in [2.05, 4.69) is 10.0 Å². The van der Waals surface area contributed by atoms with Crippen molar-refractivity contribution < 1.29 is 26.7 Å². The predicted octanol–water partition coefficient (Wildman–Crippen LogP) is 3.32. The van der Waals surface area contributed by atoms with Gasteiger partial charge in [-0.25, -0.2) is 21.9 Å². The van der Waals surface area contributed by atoms with Gasteiger partial charge in [-0.1, -0.05) is 11.6 Å². The van der Waals surface area contributed by atoms with Crippen LogP contribution >= 0.6 is 11.6 Å². The molecule has 6 nitrogen and oxygen atoms in total. The third kappa shape index (κ3) is 5.88. The molecular formula is C17H17ClF2N2O4S. The van der Waals surface area contributed by atoms with Crippen LogP contribution in [0.2, 0.25) is 5.02 Å². The highest BCUT2D eigenvalue weighted by atomic mass is 35.5. The normalized spacial score (nSPS) is 11.5. The molecule has 0 fully saturated rings. The van der Waals surface area contributed by atoms with Crippen molar-refractivity contribution in [2.24, 2.45) is 0 Å². The Morgan fingerprint density at radius 1 is 1.19 bits per heavy atom. The van der Waals surface area contributed by atoms with Gasteiger partial charge in [0.05, 0.1) is 15.6 Å². The summed E-state index contributed by atoms with van der Waals surface area (Å²) in [6.07, 6.45) is 0. The highest BCUT2D eigenvalue weighted by molar-refractivity contribution is 7.89. The van der Waals surface area contributed by atoms with Crippen molar-refractivity contribution in [3.05, 3.63) is 53.1 Å². The molecule has 0 aliphatic heterocycles. The second-order valence-corrected chi connectivity index (χ2v) is 7.95. The van der Waals surface area contributed by atoms with E-state index in [-0.39, 0.29) is 27.4 Å². The quantitative estimate of drug-likeness (QED) is 0.722. The van der Waals surface area contributed by atoms with Crippen LogP contribution in [0.3, 0.4) is 0 Å². The Balaban J connectivity index is 2.02. The topological polar surface area (TPSA) is 84.5 Å². The fraction of sp³-hybridized carbons (Fsp3) is 0.235. The van der Waals surface area contributed by atoms with Crippen molar-refractivity contribution in [3.63, 3.8) is 0 Å². The van der Waals surface area contributed by atoms with Gasteiger partial charge in [0.2, 0.25) is 10.0 Å². The number of ether oxygens (including phenoxy) is 1. The standard InChI is InChI=1S/C17H17ClF2N2O4S/c1-10(2)22-27(24,25)12-4-6-16(13(18)8-12)26-9-17(23)21-15-5-3-11(19)7-14(15)20/h3-8,10,22H,9H2,1-2H3,(H,21,23). The molecule has 2 N–H and O–H groups in total. The molecule has 0 atom stereocenters. The van der Waals surface area contributed by atoms with Gasteiger partial charge in [-0.15, -0.1) is 0 Å². The molecule has 27 heavy (non-hydrogen) atoms. The van der Waals surface area contributed by atoms with Gasteiger partial charge >= 0.3 is 0 Å². The molecule has 2 aromatic rings. The summed E-state index contributed by atoms with van der Waals surface area (Å²) in [6, 6.07) is 6.21. The minimum Gasteiger partial charge on any atom is -0.482 e. The van der Waals surface area contributed by atoms with E-state index in [9.17, 15) is 22.0 Å². The molecule has 0 aliphatic rings. The molecule has 2 aromatic carbocycles. The van der Waals surface area contributed by atoms with Crippen LogP contribution < -0.4 is 14.8 Å². The molecule has 0 bridgehead atoms. The van der Waals surface area contributed by atoms with Gasteiger partial charge in [-0.2, -0.15) is 0 Å². The Morgan fingerprint density at radius 3 is 2.48 bits per heavy atom. The van der Waals surface area contributed by atoms with Crippen molar-refractivity contribution >= 4 is 33.2 Å². The molecule has 0 spiro atoms. The molecule has 2 rings (SSSR count). The maximum atomic E-state index is 13.5. The third-order valence-corrected chi connectivity index (χ3v) is 5.12. The fourth-order valence-electron chi connectivity index (χ4n) is 2.06. The summed E-state index contributed by atoms with van der Waals surface area (Å²) in [5.41, 5.74) is -0.197. The smallest absolute Gasteiger partial charge is 0.262 e. The number of anilines is 1. The minimum absolute atomic E-state index is 0.0117. The van der Waals surface area contributed by atoms with Crippen LogP contribution in [0.15, 0.2) is 41.3 Å². The Hall–Kier alpha value is -2.23. The maximum absolute atomic E-state index is 13.5. The average molecular weight is 419 g/mol. The van der Waals surface area contributed by atoms with Crippen LogP contribution in [0.4, 0.5) is 14.5 Å². The monoisotopic (exact) mass is 418 g/mol. The van der Waals surface area contributed by atoms with E-state index < -0.39 is 34.2 Å². The zero-order chi connectivity index (χ0) is 20.2. The summed E-state index contributed by atoms with van der Waals surface area (Å²) in [4.78, 5) is 11.8. The lowest BCUT2D eigenvalue weighted by atomic mass is 10.3. The van der Waals surface area contributed by atoms with Crippen molar-refractivity contribution in [3.8, 4) is 5.75 Å². The van der Waals surface area contributed by atoms with Crippen LogP contribution in [0.25, 0.3) is 0 Å². The summed E-state index contributed by atoms with van der Waals surface area (Å²) in [5, 5.41) is 2.22. The van der Waals surface area contributed by atoms with Gasteiger partial charge in [0, 0.05) is 12.1 Å². The zero-order valence-electron chi connectivity index (χ0n) is 14.4. The minimum atomic E-state index is -3.72. The van der Waals surface area contributed by atoms with Gasteiger partial charge in [0.1, 0.15) is 17.4 Å². The molecule has 0 radical (unpaired) electrons. The number of sulfonamides is 1. The number of rotatable bonds is 7. The second kappa shape index (κ2) is 8.64. The van der Waals surface area contributed by atoms with Crippen LogP contribution in [-0.4, -0.2) is 27.0 Å². The first-order valence-electron chi connectivity index (χ1n) is 7.78. The molecule has 0 saturated carbocycles. The van der Waals surface area contributed by atoms with Crippen LogP contribution in [0.1, 0.15) is 13.8 Å². The van der Waals surface area contributed by atoms with Crippen molar-refractivity contribution in [1.82, 2.24) is 4.72 Å². The summed E-state index contributed by atoms with van der Waals surface area (Å²) < 4.78 is 58.2. The predicted molar refractivity (Wildman–Crippen MR) is 97.4 cm³/mol. The molecule has 10 heteroatoms. The Kier molecular flexibility index (Phi) is 6.74. The van der Waals surface area contributed by atoms with Gasteiger partial charge in [0.25, 0.3) is 5.91 Å². The molecular weight excluding hydrogens is 402 g/mol. The SMILES string of the molecule is CC(C)NS(=O)(=O)c1ccc(OCC(=O)Nc2ccc(F)cc2F)c(Cl)c1. The molecule has 0 aromatic heterocycles. The summed E-state index contributed by atoms with van der Waals surface area (Å²) in [6.45, 7) is 2.85. The number of nitrogens with one attached hydrogen (secondary N) is 2. The fourth-order valence-corrected chi connectivity index (χ4v) is 3.64. The van der Waals surface area contributed by atoms with Crippen molar-refractivity contribution in [2.75, 3.05) is 11.9 Å². The number of benzene rings is 2. The number of carbonyl (C=O) groups excluding carboxylic acids is 1. The van der Waals surface area contributed by atoms with E-state index in [1.54, 1.807) is 13.8 Å². The Labute approximate surface area is 160 Å². The second-order valence-electron chi connectivity index (χ2n) is 5.83. The lowest BCUT2D eigenvalue weighted by molar-refractivity contribution is -0.118. The molecule has 0 saturated heterocycles. The highest BCUT2D eigenvalue weighted by Crippen LogP contribution is 2.27. The summed E-state index contributed by atoms with van der Waals surface area (Å²) >= 11 is 6.01. The molecule has 0 unspecified atom stereocenters. The van der Waals surface area contributed by atoms with Crippen molar-refractivity contribution in [2.45, 2.75) is 24.8 Å². The highest BCUT2D eigenvalue weighted by Gasteiger charge is 2.17. The number of hydrogen-bond donors (Lipinski definition) is 2. The first-order chi connectivity index (χ1) is 12.6. The van der Waals surface area contributed by atoms with E-state index in [1.807, 2.05) is 0 Å². The summed E-state index contributed by atoms with van der Waals surface area (Å²) in [5.74, 6) is -2.31. The molecule has 146 valence electrons. The van der Waals surface area contributed by atoms with Gasteiger partial charge in [-0.05, 0) is 44.2 Å². The number of hydrogen-bond acceptors (Lipinski definition) is 4. The first kappa shape index (κ1) is 21.1. The first-order valence-corrected chi connectivity index (χ1v) is 9.64. The van der Waals surface area contributed by atoms with E-state index in [1.165, 1.54) is 18.2 Å². The third-order valence-electron chi connectivity index (χ3n) is 3.17. The number of carbonyl (C=O) groups is 1. The lowest BCUT2D eigenvalue weighted by Crippen LogP contribution is -2.30. The van der Waals surface area contributed by atoms with Crippen LogP contribution in [0, 0.1) is 11.6 Å². The average Bonchev–Trinajstić information content (AvgIpc) is 2.55. The van der Waals surface area contributed by atoms with Gasteiger partial charge in [-0.3, -0.25) is 4.79 Å². The van der Waals surface area contributed by atoms with Crippen molar-refractivity contribution in [1.29, 1.82) is 0 Å². The molecule has 0 aliphatic carbocycles. The maximum Gasteiger partial charge on any atom is 0.262 e.